The second-order valence-electron chi connectivity index (χ2n) is 6.18. The molecule has 1 aliphatic rings. The molecule has 8 heteroatoms. The van der Waals surface area contributed by atoms with E-state index in [1.54, 1.807) is 29.2 Å². The third kappa shape index (κ3) is 3.88. The smallest absolute Gasteiger partial charge is 0.385 e. The van der Waals surface area contributed by atoms with E-state index in [0.717, 1.165) is 11.6 Å². The summed E-state index contributed by atoms with van der Waals surface area (Å²) in [7, 11) is 0. The number of rotatable bonds is 2. The molecule has 0 atom stereocenters. The normalized spacial score (nSPS) is 17.6. The first-order valence-corrected chi connectivity index (χ1v) is 8.21. The molecule has 3 rings (SSSR count). The average Bonchev–Trinajstić information content (AvgIpc) is 2.54. The predicted octanol–water partition coefficient (Wildman–Crippen LogP) is 3.95. The summed E-state index contributed by atoms with van der Waals surface area (Å²) in [6.07, 6.45) is -3.74. The number of benzene rings is 1. The molecule has 0 saturated carbocycles. The lowest BCUT2D eigenvalue weighted by Crippen LogP contribution is -2.43. The van der Waals surface area contributed by atoms with Gasteiger partial charge in [0.1, 0.15) is 17.3 Å². The Hall–Kier alpha value is -1.86. The Kier molecular flexibility index (Phi) is 4.64. The van der Waals surface area contributed by atoms with Crippen LogP contribution in [0.1, 0.15) is 29.9 Å². The molecule has 1 saturated heterocycles. The van der Waals surface area contributed by atoms with E-state index in [4.69, 9.17) is 11.6 Å². The standard InChI is InChI=1S/C17H17ClF3N3O/c1-11-22-14(17(19,20)21)10-15(23-11)24-8-6-16(25,7-9-24)12-2-4-13(18)5-3-12/h2-5,10,25H,6-9H2,1H3. The van der Waals surface area contributed by atoms with Crippen LogP contribution in [0.5, 0.6) is 0 Å². The fourth-order valence-electron chi connectivity index (χ4n) is 3.01. The first-order chi connectivity index (χ1) is 11.7. The van der Waals surface area contributed by atoms with Crippen LogP contribution >= 0.6 is 11.6 Å². The summed E-state index contributed by atoms with van der Waals surface area (Å²) >= 11 is 5.87. The Morgan fingerprint density at radius 2 is 1.72 bits per heavy atom. The van der Waals surface area contributed by atoms with Gasteiger partial charge in [0.25, 0.3) is 0 Å². The summed E-state index contributed by atoms with van der Waals surface area (Å²) in [5.41, 5.74) is -1.21. The molecule has 1 aromatic heterocycles. The maximum atomic E-state index is 12.9. The predicted molar refractivity (Wildman–Crippen MR) is 88.6 cm³/mol. The molecule has 4 nitrogen and oxygen atoms in total. The van der Waals surface area contributed by atoms with Crippen LogP contribution in [0, 0.1) is 6.92 Å². The molecular formula is C17H17ClF3N3O. The molecule has 134 valence electrons. The van der Waals surface area contributed by atoms with Crippen LogP contribution < -0.4 is 4.90 Å². The maximum Gasteiger partial charge on any atom is 0.433 e. The second kappa shape index (κ2) is 6.46. The lowest BCUT2D eigenvalue weighted by Gasteiger charge is -2.39. The lowest BCUT2D eigenvalue weighted by molar-refractivity contribution is -0.141. The van der Waals surface area contributed by atoms with E-state index < -0.39 is 17.5 Å². The molecule has 1 aromatic carbocycles. The average molecular weight is 372 g/mol. The second-order valence-corrected chi connectivity index (χ2v) is 6.62. The minimum Gasteiger partial charge on any atom is -0.385 e. The van der Waals surface area contributed by atoms with Crippen molar-refractivity contribution in [3.63, 3.8) is 0 Å². The Morgan fingerprint density at radius 1 is 1.12 bits per heavy atom. The molecule has 0 radical (unpaired) electrons. The van der Waals surface area contributed by atoms with E-state index in [-0.39, 0.29) is 11.6 Å². The van der Waals surface area contributed by atoms with Gasteiger partial charge in [-0.25, -0.2) is 9.97 Å². The number of hydrogen-bond acceptors (Lipinski definition) is 4. The SMILES string of the molecule is Cc1nc(N2CCC(O)(c3ccc(Cl)cc3)CC2)cc(C(F)(F)F)n1. The van der Waals surface area contributed by atoms with Crippen LogP contribution in [0.15, 0.2) is 30.3 Å². The van der Waals surface area contributed by atoms with Gasteiger partial charge in [-0.15, -0.1) is 0 Å². The van der Waals surface area contributed by atoms with Crippen molar-refractivity contribution in [1.29, 1.82) is 0 Å². The number of halogens is 4. The van der Waals surface area contributed by atoms with Crippen molar-refractivity contribution in [2.75, 3.05) is 18.0 Å². The summed E-state index contributed by atoms with van der Waals surface area (Å²) < 4.78 is 38.8. The molecule has 1 fully saturated rings. The Labute approximate surface area is 148 Å². The zero-order valence-electron chi connectivity index (χ0n) is 13.5. The topological polar surface area (TPSA) is 49.2 Å². The van der Waals surface area contributed by atoms with Gasteiger partial charge in [-0.2, -0.15) is 13.2 Å². The Balaban J connectivity index is 1.78. The van der Waals surface area contributed by atoms with Gasteiger partial charge in [-0.3, -0.25) is 0 Å². The van der Waals surface area contributed by atoms with Crippen LogP contribution in [0.4, 0.5) is 19.0 Å². The molecule has 0 aliphatic carbocycles. The number of anilines is 1. The van der Waals surface area contributed by atoms with Gasteiger partial charge in [-0.1, -0.05) is 23.7 Å². The number of hydrogen-bond donors (Lipinski definition) is 1. The van der Waals surface area contributed by atoms with Crippen molar-refractivity contribution >= 4 is 17.4 Å². The number of aryl methyl sites for hydroxylation is 1. The van der Waals surface area contributed by atoms with E-state index >= 15 is 0 Å². The van der Waals surface area contributed by atoms with Gasteiger partial charge < -0.3 is 10.0 Å². The van der Waals surface area contributed by atoms with E-state index in [0.29, 0.717) is 31.0 Å². The molecule has 0 amide bonds. The van der Waals surface area contributed by atoms with Crippen molar-refractivity contribution in [2.45, 2.75) is 31.5 Å². The van der Waals surface area contributed by atoms with Gasteiger partial charge in [0.05, 0.1) is 5.60 Å². The molecule has 1 aliphatic heterocycles. The van der Waals surface area contributed by atoms with Crippen molar-refractivity contribution in [3.8, 4) is 0 Å². The lowest BCUT2D eigenvalue weighted by atomic mass is 9.84. The third-order valence-corrected chi connectivity index (χ3v) is 4.66. The van der Waals surface area contributed by atoms with E-state index in [1.165, 1.54) is 6.92 Å². The summed E-state index contributed by atoms with van der Waals surface area (Å²) in [5.74, 6) is 0.307. The van der Waals surface area contributed by atoms with Crippen molar-refractivity contribution in [2.24, 2.45) is 0 Å². The fourth-order valence-corrected chi connectivity index (χ4v) is 3.14. The van der Waals surface area contributed by atoms with Crippen LogP contribution in [-0.2, 0) is 11.8 Å². The zero-order valence-corrected chi connectivity index (χ0v) is 14.3. The highest BCUT2D eigenvalue weighted by atomic mass is 35.5. The van der Waals surface area contributed by atoms with E-state index in [2.05, 4.69) is 9.97 Å². The number of alkyl halides is 3. The van der Waals surface area contributed by atoms with Gasteiger partial charge in [0.15, 0.2) is 0 Å². The van der Waals surface area contributed by atoms with Crippen LogP contribution in [0.25, 0.3) is 0 Å². The van der Waals surface area contributed by atoms with Crippen molar-refractivity contribution < 1.29 is 18.3 Å². The maximum absolute atomic E-state index is 12.9. The molecule has 2 aromatic rings. The summed E-state index contributed by atoms with van der Waals surface area (Å²) in [5, 5.41) is 11.4. The van der Waals surface area contributed by atoms with Gasteiger partial charge in [-0.05, 0) is 37.5 Å². The van der Waals surface area contributed by atoms with Gasteiger partial charge >= 0.3 is 6.18 Å². The summed E-state index contributed by atoms with van der Waals surface area (Å²) in [6, 6.07) is 7.93. The monoisotopic (exact) mass is 371 g/mol. The van der Waals surface area contributed by atoms with Crippen LogP contribution in [-0.4, -0.2) is 28.2 Å². The molecule has 0 bridgehead atoms. The number of nitrogens with zero attached hydrogens (tertiary/aromatic N) is 3. The van der Waals surface area contributed by atoms with Gasteiger partial charge in [0, 0.05) is 24.2 Å². The minimum atomic E-state index is -4.51. The van der Waals surface area contributed by atoms with Crippen molar-refractivity contribution in [1.82, 2.24) is 9.97 Å². The minimum absolute atomic E-state index is 0.0726. The fraction of sp³-hybridized carbons (Fsp3) is 0.412. The molecule has 25 heavy (non-hydrogen) atoms. The number of aliphatic hydroxyl groups is 1. The highest BCUT2D eigenvalue weighted by molar-refractivity contribution is 6.30. The third-order valence-electron chi connectivity index (χ3n) is 4.41. The molecule has 1 N–H and O–H groups in total. The van der Waals surface area contributed by atoms with Crippen LogP contribution in [0.2, 0.25) is 5.02 Å². The Bertz CT molecular complexity index is 757. The van der Waals surface area contributed by atoms with E-state index in [9.17, 15) is 18.3 Å². The molecule has 0 unspecified atom stereocenters. The summed E-state index contributed by atoms with van der Waals surface area (Å²) in [6.45, 7) is 2.23. The van der Waals surface area contributed by atoms with E-state index in [1.807, 2.05) is 0 Å². The number of aromatic nitrogens is 2. The molecule has 0 spiro atoms. The first-order valence-electron chi connectivity index (χ1n) is 7.84. The largest absolute Gasteiger partial charge is 0.433 e. The van der Waals surface area contributed by atoms with Crippen molar-refractivity contribution in [3.05, 3.63) is 52.4 Å². The Morgan fingerprint density at radius 3 is 2.28 bits per heavy atom. The zero-order chi connectivity index (χ0) is 18.2. The quantitative estimate of drug-likeness (QED) is 0.868. The number of piperidine rings is 1. The highest BCUT2D eigenvalue weighted by Gasteiger charge is 2.37. The molecule has 2 heterocycles. The summed E-state index contributed by atoms with van der Waals surface area (Å²) in [4.78, 5) is 9.32. The van der Waals surface area contributed by atoms with Gasteiger partial charge in [0.2, 0.25) is 0 Å². The molecular weight excluding hydrogens is 355 g/mol. The first kappa shape index (κ1) is 17.9. The highest BCUT2D eigenvalue weighted by Crippen LogP contribution is 2.36. The van der Waals surface area contributed by atoms with Crippen LogP contribution in [0.3, 0.4) is 0 Å².